The minimum atomic E-state index is -0.779. The van der Waals surface area contributed by atoms with Crippen molar-refractivity contribution < 1.29 is 9.18 Å². The Kier molecular flexibility index (Phi) is 5.92. The van der Waals surface area contributed by atoms with Gasteiger partial charge in [0.05, 0.1) is 16.8 Å². The molecule has 0 saturated heterocycles. The van der Waals surface area contributed by atoms with E-state index in [9.17, 15) is 9.18 Å². The summed E-state index contributed by atoms with van der Waals surface area (Å²) in [7, 11) is 0. The quantitative estimate of drug-likeness (QED) is 0.569. The van der Waals surface area contributed by atoms with Gasteiger partial charge in [0, 0.05) is 17.0 Å². The van der Waals surface area contributed by atoms with Gasteiger partial charge in [0.25, 0.3) is 5.91 Å². The predicted octanol–water partition coefficient (Wildman–Crippen LogP) is 3.91. The van der Waals surface area contributed by atoms with Crippen molar-refractivity contribution in [2.24, 2.45) is 10.7 Å². The van der Waals surface area contributed by atoms with E-state index in [4.69, 9.17) is 17.3 Å². The van der Waals surface area contributed by atoms with Crippen LogP contribution in [0.15, 0.2) is 34.5 Å². The number of nitrogens with zero attached hydrogens (tertiary/aromatic N) is 3. The molecule has 142 valence electrons. The van der Waals surface area contributed by atoms with E-state index in [1.165, 1.54) is 41.9 Å². The highest BCUT2D eigenvalue weighted by Crippen LogP contribution is 2.37. The Morgan fingerprint density at radius 1 is 1.48 bits per heavy atom. The highest BCUT2D eigenvalue weighted by Gasteiger charge is 2.32. The molecule has 0 bridgehead atoms. The molecule has 1 aliphatic rings. The zero-order chi connectivity index (χ0) is 19.6. The second-order valence-electron chi connectivity index (χ2n) is 6.02. The fourth-order valence-corrected chi connectivity index (χ4v) is 4.19. The molecule has 3 N–H and O–H groups in total. The molecule has 2 heterocycles. The average Bonchev–Trinajstić information content (AvgIpc) is 2.63. The lowest BCUT2D eigenvalue weighted by atomic mass is 9.89. The summed E-state index contributed by atoms with van der Waals surface area (Å²) in [6, 6.07) is 4.36. The van der Waals surface area contributed by atoms with Gasteiger partial charge in [0.1, 0.15) is 5.82 Å². The van der Waals surface area contributed by atoms with E-state index in [0.29, 0.717) is 28.0 Å². The SMILES string of the molecule is CSc1ncc(Cl)c(C(=O)Nc2ccc(F)c(C3(C)CCSC(N)=N3)c2)n1. The van der Waals surface area contributed by atoms with Crippen molar-refractivity contribution in [3.8, 4) is 0 Å². The van der Waals surface area contributed by atoms with Crippen molar-refractivity contribution in [1.29, 1.82) is 0 Å². The van der Waals surface area contributed by atoms with Crippen molar-refractivity contribution in [2.75, 3.05) is 17.3 Å². The molecule has 1 unspecified atom stereocenters. The number of carbonyl (C=O) groups excluding carboxylic acids is 1. The predicted molar refractivity (Wildman–Crippen MR) is 109 cm³/mol. The van der Waals surface area contributed by atoms with Crippen LogP contribution in [0.3, 0.4) is 0 Å². The van der Waals surface area contributed by atoms with Gasteiger partial charge in [-0.1, -0.05) is 35.1 Å². The highest BCUT2D eigenvalue weighted by atomic mass is 35.5. The van der Waals surface area contributed by atoms with Crippen molar-refractivity contribution in [2.45, 2.75) is 24.0 Å². The van der Waals surface area contributed by atoms with Gasteiger partial charge in [-0.25, -0.2) is 14.4 Å². The van der Waals surface area contributed by atoms with Crippen molar-refractivity contribution in [3.63, 3.8) is 0 Å². The first kappa shape index (κ1) is 19.9. The Bertz CT molecular complexity index is 926. The van der Waals surface area contributed by atoms with Crippen molar-refractivity contribution >= 4 is 51.9 Å². The van der Waals surface area contributed by atoms with Crippen LogP contribution < -0.4 is 11.1 Å². The molecule has 3 rings (SSSR count). The largest absolute Gasteiger partial charge is 0.379 e. The molecule has 1 aromatic heterocycles. The fraction of sp³-hybridized carbons (Fsp3) is 0.294. The Labute approximate surface area is 169 Å². The number of aromatic nitrogens is 2. The van der Waals surface area contributed by atoms with Crippen LogP contribution in [0.2, 0.25) is 5.02 Å². The first-order valence-electron chi connectivity index (χ1n) is 7.98. The molecule has 1 aliphatic heterocycles. The topological polar surface area (TPSA) is 93.3 Å². The van der Waals surface area contributed by atoms with Crippen LogP contribution in [0.25, 0.3) is 0 Å². The third-order valence-electron chi connectivity index (χ3n) is 4.12. The smallest absolute Gasteiger partial charge is 0.275 e. The summed E-state index contributed by atoms with van der Waals surface area (Å²) in [6.07, 6.45) is 3.82. The summed E-state index contributed by atoms with van der Waals surface area (Å²) < 4.78 is 14.5. The summed E-state index contributed by atoms with van der Waals surface area (Å²) in [5.41, 5.74) is 5.91. The lowest BCUT2D eigenvalue weighted by Gasteiger charge is -2.30. The fourth-order valence-electron chi connectivity index (χ4n) is 2.70. The van der Waals surface area contributed by atoms with Crippen LogP contribution in [0.1, 0.15) is 29.4 Å². The molecule has 0 aliphatic carbocycles. The maximum Gasteiger partial charge on any atom is 0.275 e. The number of aliphatic imine (C=N–C) groups is 1. The van der Waals surface area contributed by atoms with Crippen molar-refractivity contribution in [3.05, 3.63) is 46.5 Å². The number of nitrogens with two attached hydrogens (primary N) is 1. The number of hydrogen-bond donors (Lipinski definition) is 2. The Morgan fingerprint density at radius 3 is 2.96 bits per heavy atom. The van der Waals surface area contributed by atoms with E-state index >= 15 is 0 Å². The molecule has 6 nitrogen and oxygen atoms in total. The average molecular weight is 426 g/mol. The molecule has 10 heteroatoms. The van der Waals surface area contributed by atoms with Gasteiger partial charge in [0.2, 0.25) is 0 Å². The van der Waals surface area contributed by atoms with Gasteiger partial charge < -0.3 is 11.1 Å². The molecule has 27 heavy (non-hydrogen) atoms. The van der Waals surface area contributed by atoms with E-state index < -0.39 is 17.3 Å². The summed E-state index contributed by atoms with van der Waals surface area (Å²) >= 11 is 8.78. The number of hydrogen-bond acceptors (Lipinski definition) is 7. The van der Waals surface area contributed by atoms with Gasteiger partial charge >= 0.3 is 0 Å². The summed E-state index contributed by atoms with van der Waals surface area (Å²) in [4.78, 5) is 25.1. The zero-order valence-corrected chi connectivity index (χ0v) is 17.0. The minimum absolute atomic E-state index is 0.0597. The number of amidine groups is 1. The number of carbonyl (C=O) groups is 1. The maximum absolute atomic E-state index is 14.5. The van der Waals surface area contributed by atoms with E-state index in [-0.39, 0.29) is 10.7 Å². The van der Waals surface area contributed by atoms with Crippen LogP contribution in [0.5, 0.6) is 0 Å². The first-order valence-corrected chi connectivity index (χ1v) is 10.6. The van der Waals surface area contributed by atoms with E-state index in [0.717, 1.165) is 5.75 Å². The van der Waals surface area contributed by atoms with Crippen molar-refractivity contribution in [1.82, 2.24) is 9.97 Å². The molecule has 2 aromatic rings. The molecular weight excluding hydrogens is 409 g/mol. The van der Waals surface area contributed by atoms with Crippen LogP contribution in [0, 0.1) is 5.82 Å². The van der Waals surface area contributed by atoms with Crippen LogP contribution >= 0.6 is 35.1 Å². The van der Waals surface area contributed by atoms with E-state index in [1.54, 1.807) is 12.3 Å². The monoisotopic (exact) mass is 425 g/mol. The number of rotatable bonds is 4. The number of thioether (sulfide) groups is 2. The molecular formula is C17H17ClFN5OS2. The van der Waals surface area contributed by atoms with E-state index in [2.05, 4.69) is 20.3 Å². The number of halogens is 2. The zero-order valence-electron chi connectivity index (χ0n) is 14.6. The molecule has 0 radical (unpaired) electrons. The van der Waals surface area contributed by atoms with Gasteiger partial charge in [0.15, 0.2) is 16.0 Å². The van der Waals surface area contributed by atoms with Crippen LogP contribution in [0.4, 0.5) is 10.1 Å². The normalized spacial score (nSPS) is 19.5. The highest BCUT2D eigenvalue weighted by molar-refractivity contribution is 8.13. The van der Waals surface area contributed by atoms with Crippen LogP contribution in [-0.2, 0) is 5.54 Å². The minimum Gasteiger partial charge on any atom is -0.379 e. The molecule has 1 atom stereocenters. The standard InChI is InChI=1S/C17H17ClFN5OS2/c1-17(5-6-27-15(20)24-17)10-7-9(3-4-12(10)19)22-14(25)13-11(18)8-21-16(23-13)26-2/h3-4,7-8H,5-6H2,1-2H3,(H2,20,24)(H,22,25). The maximum atomic E-state index is 14.5. The number of nitrogens with one attached hydrogen (secondary N) is 1. The molecule has 0 saturated carbocycles. The lowest BCUT2D eigenvalue weighted by Crippen LogP contribution is -2.29. The summed E-state index contributed by atoms with van der Waals surface area (Å²) in [6.45, 7) is 1.83. The molecule has 0 fully saturated rings. The third kappa shape index (κ3) is 4.36. The molecule has 1 aromatic carbocycles. The van der Waals surface area contributed by atoms with Gasteiger partial charge in [-0.3, -0.25) is 9.79 Å². The first-order chi connectivity index (χ1) is 12.8. The molecule has 1 amide bonds. The Balaban J connectivity index is 1.91. The Hall–Kier alpha value is -1.84. The van der Waals surface area contributed by atoms with Crippen LogP contribution in [-0.4, -0.2) is 33.1 Å². The number of anilines is 1. The van der Waals surface area contributed by atoms with Gasteiger partial charge in [-0.05, 0) is 37.8 Å². The Morgan fingerprint density at radius 2 is 2.26 bits per heavy atom. The number of benzene rings is 1. The molecule has 0 spiro atoms. The van der Waals surface area contributed by atoms with E-state index in [1.807, 2.05) is 6.92 Å². The van der Waals surface area contributed by atoms with Gasteiger partial charge in [-0.2, -0.15) is 0 Å². The second-order valence-corrected chi connectivity index (χ2v) is 8.32. The number of amides is 1. The summed E-state index contributed by atoms with van der Waals surface area (Å²) in [5, 5.41) is 3.71. The second kappa shape index (κ2) is 8.04. The third-order valence-corrected chi connectivity index (χ3v) is 5.75. The summed E-state index contributed by atoms with van der Waals surface area (Å²) in [5.74, 6) is -0.151. The van der Waals surface area contributed by atoms with Gasteiger partial charge in [-0.15, -0.1) is 0 Å². The lowest BCUT2D eigenvalue weighted by molar-refractivity contribution is 0.102.